The van der Waals surface area contributed by atoms with Crippen molar-refractivity contribution < 1.29 is 0 Å². The van der Waals surface area contributed by atoms with Crippen molar-refractivity contribution in [2.75, 3.05) is 0 Å². The van der Waals surface area contributed by atoms with Crippen LogP contribution in [0.1, 0.15) is 0 Å². The van der Waals surface area contributed by atoms with Crippen LogP contribution in [0.25, 0.3) is 87.6 Å². The number of rotatable bonds is 4. The third-order valence-electron chi connectivity index (χ3n) is 9.43. The molecule has 0 nitrogen and oxygen atoms in total. The van der Waals surface area contributed by atoms with Crippen molar-refractivity contribution in [2.45, 2.75) is 0 Å². The average Bonchev–Trinajstić information content (AvgIpc) is 3.13. The van der Waals surface area contributed by atoms with Crippen LogP contribution in [0.2, 0.25) is 0 Å². The second kappa shape index (κ2) is 10.9. The lowest BCUT2D eigenvalue weighted by Gasteiger charge is -2.23. The third kappa shape index (κ3) is 4.30. The van der Waals surface area contributed by atoms with Gasteiger partial charge in [0.25, 0.3) is 0 Å². The van der Waals surface area contributed by atoms with Crippen LogP contribution in [-0.4, -0.2) is 0 Å². The molecule has 0 bridgehead atoms. The molecule has 46 heavy (non-hydrogen) atoms. The summed E-state index contributed by atoms with van der Waals surface area (Å²) in [6.07, 6.45) is 0. The molecule has 0 atom stereocenters. The first-order valence-electron chi connectivity index (χ1n) is 15.9. The number of benzene rings is 9. The Kier molecular flexibility index (Phi) is 6.25. The van der Waals surface area contributed by atoms with E-state index in [0.717, 1.165) is 0 Å². The largest absolute Gasteiger partial charge is 0.0622 e. The molecular weight excluding hydrogens is 553 g/mol. The monoisotopic (exact) mass is 582 g/mol. The maximum absolute atomic E-state index is 2.41. The zero-order valence-electron chi connectivity index (χ0n) is 25.3. The fraction of sp³-hybridized carbons (Fsp3) is 0. The van der Waals surface area contributed by atoms with Gasteiger partial charge in [0.1, 0.15) is 0 Å². The first-order chi connectivity index (χ1) is 22.8. The van der Waals surface area contributed by atoms with Crippen LogP contribution < -0.4 is 0 Å². The Labute approximate surface area is 268 Å². The van der Waals surface area contributed by atoms with Gasteiger partial charge in [-0.2, -0.15) is 0 Å². The fourth-order valence-corrected chi connectivity index (χ4v) is 7.34. The summed E-state index contributed by atoms with van der Waals surface area (Å²) in [6, 6.07) is 66.7. The molecule has 214 valence electrons. The molecule has 9 aromatic carbocycles. The van der Waals surface area contributed by atoms with Gasteiger partial charge in [0.15, 0.2) is 0 Å². The smallest absolute Gasteiger partial charge is 0.00139 e. The van der Waals surface area contributed by atoms with E-state index in [-0.39, 0.29) is 0 Å². The van der Waals surface area contributed by atoms with Crippen molar-refractivity contribution in [1.82, 2.24) is 0 Å². The topological polar surface area (TPSA) is 0 Å². The van der Waals surface area contributed by atoms with Gasteiger partial charge in [-0.15, -0.1) is 0 Å². The van der Waals surface area contributed by atoms with E-state index < -0.39 is 0 Å². The van der Waals surface area contributed by atoms with Crippen LogP contribution in [0.3, 0.4) is 0 Å². The standard InChI is InChI=1S/C46H30/c1-2-14-33(15-3-1)43-30-36-28-34-18-4-5-19-35(34)29-44(36)46(45(43)41-27-13-21-32-17-7-9-23-38(32)41)42-25-11-10-24-40(42)39-26-12-20-31-16-6-8-22-37(31)39/h1-30H. The molecule has 0 heteroatoms. The second-order valence-electron chi connectivity index (χ2n) is 12.1. The fourth-order valence-electron chi connectivity index (χ4n) is 7.34. The van der Waals surface area contributed by atoms with Gasteiger partial charge >= 0.3 is 0 Å². The van der Waals surface area contributed by atoms with Gasteiger partial charge < -0.3 is 0 Å². The molecular formula is C46H30. The van der Waals surface area contributed by atoms with Crippen LogP contribution in [-0.2, 0) is 0 Å². The van der Waals surface area contributed by atoms with Gasteiger partial charge in [-0.3, -0.25) is 0 Å². The van der Waals surface area contributed by atoms with Gasteiger partial charge in [0, 0.05) is 0 Å². The highest BCUT2D eigenvalue weighted by Gasteiger charge is 2.22. The number of hydrogen-bond acceptors (Lipinski definition) is 0. The molecule has 0 N–H and O–H groups in total. The summed E-state index contributed by atoms with van der Waals surface area (Å²) in [4.78, 5) is 0. The zero-order valence-corrected chi connectivity index (χ0v) is 25.3. The van der Waals surface area contributed by atoms with Crippen molar-refractivity contribution in [2.24, 2.45) is 0 Å². The van der Waals surface area contributed by atoms with E-state index >= 15 is 0 Å². The van der Waals surface area contributed by atoms with Crippen molar-refractivity contribution in [3.05, 3.63) is 182 Å². The Hall–Kier alpha value is -5.98. The minimum absolute atomic E-state index is 1.21. The van der Waals surface area contributed by atoms with E-state index in [4.69, 9.17) is 0 Å². The molecule has 0 heterocycles. The molecule has 0 aliphatic heterocycles. The maximum Gasteiger partial charge on any atom is -0.00139 e. The molecule has 0 aromatic heterocycles. The zero-order chi connectivity index (χ0) is 30.5. The molecule has 0 spiro atoms. The Balaban J connectivity index is 1.51. The molecule has 0 aliphatic rings. The maximum atomic E-state index is 2.41. The number of hydrogen-bond donors (Lipinski definition) is 0. The Morgan fingerprint density at radius 1 is 0.217 bits per heavy atom. The van der Waals surface area contributed by atoms with Gasteiger partial charge in [-0.1, -0.05) is 164 Å². The van der Waals surface area contributed by atoms with E-state index in [1.54, 1.807) is 0 Å². The average molecular weight is 583 g/mol. The van der Waals surface area contributed by atoms with Gasteiger partial charge in [-0.25, -0.2) is 0 Å². The first kappa shape index (κ1) is 26.4. The van der Waals surface area contributed by atoms with Crippen molar-refractivity contribution in [3.63, 3.8) is 0 Å². The summed E-state index contributed by atoms with van der Waals surface area (Å²) in [5.41, 5.74) is 9.94. The SMILES string of the molecule is c1ccc(-c2cc3cc4ccccc4cc3c(-c3ccccc3-c3cccc4ccccc34)c2-c2cccc3ccccc23)cc1. The molecule has 0 fully saturated rings. The normalized spacial score (nSPS) is 11.5. The van der Waals surface area contributed by atoms with Crippen molar-refractivity contribution in [3.8, 4) is 44.5 Å². The van der Waals surface area contributed by atoms with E-state index in [1.165, 1.54) is 87.6 Å². The highest BCUT2D eigenvalue weighted by Crippen LogP contribution is 2.50. The molecule has 0 unspecified atom stereocenters. The molecule has 0 aliphatic carbocycles. The van der Waals surface area contributed by atoms with E-state index in [1.807, 2.05) is 0 Å². The van der Waals surface area contributed by atoms with Gasteiger partial charge in [0.05, 0.1) is 0 Å². The lowest BCUT2D eigenvalue weighted by Crippen LogP contribution is -1.96. The molecule has 0 saturated heterocycles. The summed E-state index contributed by atoms with van der Waals surface area (Å²) < 4.78 is 0. The quantitative estimate of drug-likeness (QED) is 0.181. The van der Waals surface area contributed by atoms with Crippen molar-refractivity contribution >= 4 is 43.1 Å². The Morgan fingerprint density at radius 2 is 0.717 bits per heavy atom. The Morgan fingerprint density at radius 3 is 1.43 bits per heavy atom. The molecule has 9 rings (SSSR count). The predicted octanol–water partition coefficient (Wildman–Crippen LogP) is 13.0. The minimum atomic E-state index is 1.21. The predicted molar refractivity (Wildman–Crippen MR) is 198 cm³/mol. The van der Waals surface area contributed by atoms with Crippen molar-refractivity contribution in [1.29, 1.82) is 0 Å². The third-order valence-corrected chi connectivity index (χ3v) is 9.43. The lowest BCUT2D eigenvalue weighted by molar-refractivity contribution is 1.59. The van der Waals surface area contributed by atoms with E-state index in [0.29, 0.717) is 0 Å². The highest BCUT2D eigenvalue weighted by molar-refractivity contribution is 6.18. The van der Waals surface area contributed by atoms with Crippen LogP contribution in [0.4, 0.5) is 0 Å². The highest BCUT2D eigenvalue weighted by atomic mass is 14.3. The summed E-state index contributed by atoms with van der Waals surface area (Å²) in [6.45, 7) is 0. The Bertz CT molecular complexity index is 2560. The molecule has 9 aromatic rings. The second-order valence-corrected chi connectivity index (χ2v) is 12.1. The van der Waals surface area contributed by atoms with Crippen LogP contribution in [0.5, 0.6) is 0 Å². The van der Waals surface area contributed by atoms with Gasteiger partial charge in [0.2, 0.25) is 0 Å². The van der Waals surface area contributed by atoms with E-state index in [9.17, 15) is 0 Å². The molecule has 0 saturated carbocycles. The summed E-state index contributed by atoms with van der Waals surface area (Å²) in [7, 11) is 0. The van der Waals surface area contributed by atoms with E-state index in [2.05, 4.69) is 182 Å². The first-order valence-corrected chi connectivity index (χ1v) is 15.9. The van der Waals surface area contributed by atoms with Crippen LogP contribution >= 0.6 is 0 Å². The lowest BCUT2D eigenvalue weighted by atomic mass is 9.80. The molecule has 0 amide bonds. The van der Waals surface area contributed by atoms with Crippen LogP contribution in [0, 0.1) is 0 Å². The summed E-state index contributed by atoms with van der Waals surface area (Å²) >= 11 is 0. The summed E-state index contributed by atoms with van der Waals surface area (Å²) in [5, 5.41) is 10.0. The minimum Gasteiger partial charge on any atom is -0.0622 e. The summed E-state index contributed by atoms with van der Waals surface area (Å²) in [5.74, 6) is 0. The number of fused-ring (bicyclic) bond motifs is 4. The molecule has 0 radical (unpaired) electrons. The van der Waals surface area contributed by atoms with Gasteiger partial charge in [-0.05, 0) is 106 Å². The van der Waals surface area contributed by atoms with Crippen LogP contribution in [0.15, 0.2) is 182 Å².